The van der Waals surface area contributed by atoms with Gasteiger partial charge in [0.1, 0.15) is 5.75 Å². The molecule has 1 saturated carbocycles. The van der Waals surface area contributed by atoms with Crippen molar-refractivity contribution in [3.05, 3.63) is 29.3 Å². The number of nitrogens with zero attached hydrogens (tertiary/aromatic N) is 1. The summed E-state index contributed by atoms with van der Waals surface area (Å²) in [6.45, 7) is -1.35. The predicted molar refractivity (Wildman–Crippen MR) is 104 cm³/mol. The SMILES string of the molecule is O=C(O)C(O)C(O)C(=O)O.[2H]C([2H])([2H])N1CC[C@]23CCCC[C@H]2[C@@H]1Cc1ccc(O)cc13. The molecule has 5 N–H and O–H groups in total. The molecular formula is C21H29NO7. The Bertz CT molecular complexity index is 859. The van der Waals surface area contributed by atoms with E-state index in [2.05, 4.69) is 0 Å². The molecule has 1 heterocycles. The molecule has 4 rings (SSSR count). The molecule has 0 radical (unpaired) electrons. The minimum atomic E-state index is -2.27. The highest BCUT2D eigenvalue weighted by atomic mass is 16.4. The topological polar surface area (TPSA) is 139 Å². The van der Waals surface area contributed by atoms with Crippen molar-refractivity contribution in [2.75, 3.05) is 13.5 Å². The van der Waals surface area contributed by atoms with E-state index in [4.69, 9.17) is 24.5 Å². The van der Waals surface area contributed by atoms with E-state index in [1.54, 1.807) is 11.0 Å². The van der Waals surface area contributed by atoms with Crippen LogP contribution in [0.2, 0.25) is 0 Å². The number of phenolic OH excluding ortho intramolecular Hbond substituents is 1. The molecule has 2 bridgehead atoms. The minimum Gasteiger partial charge on any atom is -0.508 e. The van der Waals surface area contributed by atoms with Gasteiger partial charge in [-0.1, -0.05) is 18.9 Å². The standard InChI is InChI=1S/C17H23NO.C4H6O6/c1-18-9-8-17-7-3-2-4-14(17)16(18)10-12-5-6-13(19)11-15(12)17;5-1(3(7)8)2(6)4(9)10/h5-6,11,14,16,19H,2-4,7-10H2,1H3;1-2,5-6H,(H,7,8)(H,9,10)/t14-,16-,17+;/m0./s1/i1D3;. The Morgan fingerprint density at radius 2 is 1.86 bits per heavy atom. The van der Waals surface area contributed by atoms with E-state index >= 15 is 0 Å². The van der Waals surface area contributed by atoms with Gasteiger partial charge in [-0.15, -0.1) is 0 Å². The van der Waals surface area contributed by atoms with Gasteiger partial charge in [0.2, 0.25) is 0 Å². The zero-order valence-corrected chi connectivity index (χ0v) is 16.0. The van der Waals surface area contributed by atoms with Gasteiger partial charge in [-0.05, 0) is 68.4 Å². The van der Waals surface area contributed by atoms with Crippen LogP contribution in [0.4, 0.5) is 0 Å². The fraction of sp³-hybridized carbons (Fsp3) is 0.619. The summed E-state index contributed by atoms with van der Waals surface area (Å²) in [5.41, 5.74) is 2.64. The number of phenols is 1. The van der Waals surface area contributed by atoms with E-state index in [0.29, 0.717) is 18.2 Å². The number of fused-ring (bicyclic) bond motifs is 1. The number of aliphatic hydroxyl groups excluding tert-OH is 2. The molecule has 0 spiro atoms. The molecule has 3 aliphatic rings. The van der Waals surface area contributed by atoms with E-state index in [-0.39, 0.29) is 11.5 Å². The van der Waals surface area contributed by atoms with Crippen LogP contribution in [0, 0.1) is 5.92 Å². The second kappa shape index (κ2) is 8.30. The van der Waals surface area contributed by atoms with Crippen LogP contribution < -0.4 is 0 Å². The summed E-state index contributed by atoms with van der Waals surface area (Å²) >= 11 is 0. The number of piperidine rings is 1. The molecule has 2 unspecified atom stereocenters. The molecule has 29 heavy (non-hydrogen) atoms. The van der Waals surface area contributed by atoms with Crippen LogP contribution >= 0.6 is 0 Å². The molecule has 2 aliphatic carbocycles. The van der Waals surface area contributed by atoms with Crippen molar-refractivity contribution in [3.8, 4) is 5.75 Å². The van der Waals surface area contributed by atoms with Gasteiger partial charge >= 0.3 is 11.9 Å². The van der Waals surface area contributed by atoms with Crippen LogP contribution in [0.25, 0.3) is 0 Å². The maximum atomic E-state index is 9.95. The largest absolute Gasteiger partial charge is 0.508 e. The van der Waals surface area contributed by atoms with Crippen molar-refractivity contribution in [2.45, 2.75) is 62.2 Å². The Morgan fingerprint density at radius 3 is 2.48 bits per heavy atom. The number of likely N-dealkylation sites (N-methyl/N-ethyl adjacent to an activating group) is 1. The first kappa shape index (κ1) is 17.7. The van der Waals surface area contributed by atoms with Gasteiger partial charge in [0.25, 0.3) is 0 Å². The molecule has 1 aromatic rings. The van der Waals surface area contributed by atoms with Crippen LogP contribution in [0.15, 0.2) is 18.2 Å². The second-order valence-electron chi connectivity index (χ2n) is 8.13. The lowest BCUT2D eigenvalue weighted by Gasteiger charge is -2.58. The molecular weight excluding hydrogens is 378 g/mol. The minimum absolute atomic E-state index is 0.0942. The third-order valence-electron chi connectivity index (χ3n) is 6.63. The van der Waals surface area contributed by atoms with E-state index in [9.17, 15) is 14.7 Å². The quantitative estimate of drug-likeness (QED) is 0.497. The number of hydrogen-bond donors (Lipinski definition) is 5. The van der Waals surface area contributed by atoms with E-state index in [0.717, 1.165) is 25.7 Å². The summed E-state index contributed by atoms with van der Waals surface area (Å²) in [5, 5.41) is 42.5. The normalized spacial score (nSPS) is 32.0. The average Bonchev–Trinajstić information content (AvgIpc) is 2.72. The Hall–Kier alpha value is -2.16. The Morgan fingerprint density at radius 1 is 1.17 bits per heavy atom. The van der Waals surface area contributed by atoms with Crippen LogP contribution in [0.5, 0.6) is 5.75 Å². The number of likely N-dealkylation sites (tertiary alicyclic amines) is 1. The average molecular weight is 410 g/mol. The first-order valence-electron chi connectivity index (χ1n) is 11.3. The highest BCUT2D eigenvalue weighted by molar-refractivity contribution is 5.83. The van der Waals surface area contributed by atoms with Crippen molar-refractivity contribution < 1.29 is 39.2 Å². The van der Waals surface area contributed by atoms with Gasteiger partial charge in [0, 0.05) is 15.6 Å². The summed E-state index contributed by atoms with van der Waals surface area (Å²) in [6.07, 6.45) is 1.85. The smallest absolute Gasteiger partial charge is 0.335 e. The van der Waals surface area contributed by atoms with Crippen LogP contribution in [0.3, 0.4) is 0 Å². The summed E-state index contributed by atoms with van der Waals surface area (Å²) in [5.74, 6) is -2.77. The first-order chi connectivity index (χ1) is 14.9. The number of hydrogen-bond acceptors (Lipinski definition) is 6. The highest BCUT2D eigenvalue weighted by Crippen LogP contribution is 2.55. The van der Waals surface area contributed by atoms with Gasteiger partial charge in [-0.25, -0.2) is 9.59 Å². The van der Waals surface area contributed by atoms with Gasteiger partial charge in [0.05, 0.1) is 0 Å². The predicted octanol–water partition coefficient (Wildman–Crippen LogP) is 0.958. The number of carbonyl (C=O) groups is 2. The zero-order chi connectivity index (χ0) is 23.8. The fourth-order valence-corrected chi connectivity index (χ4v) is 5.26. The maximum absolute atomic E-state index is 9.95. The number of benzene rings is 1. The highest BCUT2D eigenvalue weighted by Gasteiger charge is 2.53. The molecule has 160 valence electrons. The molecule has 8 heteroatoms. The molecule has 0 amide bonds. The molecule has 0 aromatic heterocycles. The van der Waals surface area contributed by atoms with Gasteiger partial charge < -0.3 is 30.4 Å². The van der Waals surface area contributed by atoms with Crippen LogP contribution in [-0.4, -0.2) is 74.1 Å². The fourth-order valence-electron chi connectivity index (χ4n) is 5.26. The second-order valence-corrected chi connectivity index (χ2v) is 8.13. The molecule has 1 aromatic carbocycles. The van der Waals surface area contributed by atoms with Crippen molar-refractivity contribution in [2.24, 2.45) is 5.92 Å². The number of carboxylic acid groups (broad SMARTS) is 2. The summed E-state index contributed by atoms with van der Waals surface area (Å²) in [7, 11) is 0. The van der Waals surface area contributed by atoms with Crippen LogP contribution in [0.1, 0.15) is 47.3 Å². The summed E-state index contributed by atoms with van der Waals surface area (Å²) < 4.78 is 23.7. The molecule has 2 fully saturated rings. The van der Waals surface area contributed by atoms with Gasteiger partial charge in [0.15, 0.2) is 12.2 Å². The van der Waals surface area contributed by atoms with Gasteiger partial charge in [-0.2, -0.15) is 0 Å². The van der Waals surface area contributed by atoms with Gasteiger partial charge in [-0.3, -0.25) is 0 Å². The third-order valence-corrected chi connectivity index (χ3v) is 6.63. The van der Waals surface area contributed by atoms with Crippen molar-refractivity contribution in [1.82, 2.24) is 4.90 Å². The summed E-state index contributed by atoms with van der Waals surface area (Å²) in [4.78, 5) is 21.3. The Balaban J connectivity index is 0.000000247. The monoisotopic (exact) mass is 410 g/mol. The third kappa shape index (κ3) is 3.97. The molecule has 5 atom stereocenters. The van der Waals surface area contributed by atoms with Crippen LogP contribution in [-0.2, 0) is 21.4 Å². The molecule has 8 nitrogen and oxygen atoms in total. The van der Waals surface area contributed by atoms with Crippen molar-refractivity contribution >= 4 is 11.9 Å². The van der Waals surface area contributed by atoms with E-state index in [1.165, 1.54) is 24.0 Å². The summed E-state index contributed by atoms with van der Waals surface area (Å²) in [6, 6.07) is 5.83. The number of carboxylic acids is 2. The lowest BCUT2D eigenvalue weighted by molar-refractivity contribution is -0.165. The number of aliphatic hydroxyl groups is 2. The Kier molecular flexibility index (Phi) is 5.06. The first-order valence-corrected chi connectivity index (χ1v) is 9.79. The Labute approximate surface area is 173 Å². The van der Waals surface area contributed by atoms with E-state index < -0.39 is 31.1 Å². The molecule has 1 aliphatic heterocycles. The van der Waals surface area contributed by atoms with Crippen molar-refractivity contribution in [1.29, 1.82) is 0 Å². The number of aliphatic carboxylic acids is 2. The maximum Gasteiger partial charge on any atom is 0.335 e. The lowest BCUT2D eigenvalue weighted by Crippen LogP contribution is -2.59. The number of aromatic hydroxyl groups is 1. The molecule has 1 saturated heterocycles. The van der Waals surface area contributed by atoms with E-state index in [1.807, 2.05) is 12.1 Å². The number of rotatable bonds is 3. The zero-order valence-electron chi connectivity index (χ0n) is 19.0. The lowest BCUT2D eigenvalue weighted by atomic mass is 9.52. The van der Waals surface area contributed by atoms with Crippen molar-refractivity contribution in [3.63, 3.8) is 0 Å².